The van der Waals surface area contributed by atoms with Crippen molar-refractivity contribution in [3.63, 3.8) is 0 Å². The van der Waals surface area contributed by atoms with E-state index in [2.05, 4.69) is 5.10 Å². The van der Waals surface area contributed by atoms with Crippen LogP contribution in [0.15, 0.2) is 30.6 Å². The summed E-state index contributed by atoms with van der Waals surface area (Å²) in [6.45, 7) is 0.590. The number of nitrogens with zero attached hydrogens (tertiary/aromatic N) is 3. The van der Waals surface area contributed by atoms with Gasteiger partial charge in [-0.25, -0.2) is 0 Å². The number of hydrogen-bond donors (Lipinski definition) is 1. The van der Waals surface area contributed by atoms with Gasteiger partial charge >= 0.3 is 0 Å². The third-order valence-electron chi connectivity index (χ3n) is 2.92. The van der Waals surface area contributed by atoms with E-state index in [1.165, 1.54) is 0 Å². The lowest BCUT2D eigenvalue weighted by Crippen LogP contribution is -2.10. The van der Waals surface area contributed by atoms with Gasteiger partial charge in [0.15, 0.2) is 0 Å². The molecule has 0 amide bonds. The zero-order valence-corrected chi connectivity index (χ0v) is 11.6. The van der Waals surface area contributed by atoms with Gasteiger partial charge in [-0.1, -0.05) is 0 Å². The second-order valence-corrected chi connectivity index (χ2v) is 4.74. The molecule has 1 heterocycles. The van der Waals surface area contributed by atoms with E-state index in [1.54, 1.807) is 4.68 Å². The molecular formula is C14H20N4O. The van der Waals surface area contributed by atoms with Gasteiger partial charge in [0.1, 0.15) is 5.75 Å². The van der Waals surface area contributed by atoms with Gasteiger partial charge in [0.25, 0.3) is 0 Å². The maximum absolute atomic E-state index is 5.91. The quantitative estimate of drug-likeness (QED) is 0.831. The number of rotatable bonds is 5. The molecule has 0 fully saturated rings. The molecule has 0 aliphatic rings. The molecule has 0 radical (unpaired) electrons. The Morgan fingerprint density at radius 3 is 2.79 bits per heavy atom. The Labute approximate surface area is 113 Å². The number of ether oxygens (including phenoxy) is 1. The molecule has 0 spiro atoms. The summed E-state index contributed by atoms with van der Waals surface area (Å²) in [4.78, 5) is 2.02. The van der Waals surface area contributed by atoms with E-state index in [1.807, 2.05) is 56.6 Å². The first-order valence-electron chi connectivity index (χ1n) is 6.23. The average molecular weight is 260 g/mol. The number of nitrogen functional groups attached to an aromatic ring is 1. The van der Waals surface area contributed by atoms with Gasteiger partial charge in [-0.3, -0.25) is 4.68 Å². The maximum Gasteiger partial charge on any atom is 0.144 e. The van der Waals surface area contributed by atoms with Crippen molar-refractivity contribution < 1.29 is 4.74 Å². The fourth-order valence-electron chi connectivity index (χ4n) is 1.81. The highest BCUT2D eigenvalue weighted by Gasteiger charge is 2.04. The molecule has 1 aromatic heterocycles. The smallest absolute Gasteiger partial charge is 0.144 e. The summed E-state index contributed by atoms with van der Waals surface area (Å²) in [7, 11) is 5.89. The molecule has 5 nitrogen and oxygen atoms in total. The van der Waals surface area contributed by atoms with Crippen LogP contribution < -0.4 is 15.4 Å². The number of aryl methyl sites for hydroxylation is 1. The molecule has 5 heteroatoms. The Hall–Kier alpha value is -2.17. The summed E-state index contributed by atoms with van der Waals surface area (Å²) in [6.07, 6.45) is 4.66. The number of aromatic nitrogens is 2. The Balaban J connectivity index is 1.97. The van der Waals surface area contributed by atoms with Crippen LogP contribution in [0, 0.1) is 0 Å². The third-order valence-corrected chi connectivity index (χ3v) is 2.92. The highest BCUT2D eigenvalue weighted by atomic mass is 16.5. The normalized spacial score (nSPS) is 10.5. The predicted octanol–water partition coefficient (Wildman–Crippen LogP) is 1.69. The molecule has 2 rings (SSSR count). The summed E-state index contributed by atoms with van der Waals surface area (Å²) in [5.74, 6) is 0.732. The predicted molar refractivity (Wildman–Crippen MR) is 77.6 cm³/mol. The summed E-state index contributed by atoms with van der Waals surface area (Å²) in [6, 6.07) is 5.80. The van der Waals surface area contributed by atoms with Crippen molar-refractivity contribution in [1.29, 1.82) is 0 Å². The van der Waals surface area contributed by atoms with Crippen LogP contribution in [-0.4, -0.2) is 30.5 Å². The minimum Gasteiger partial charge on any atom is -0.491 e. The van der Waals surface area contributed by atoms with Gasteiger partial charge in [0.05, 0.1) is 18.5 Å². The molecule has 19 heavy (non-hydrogen) atoms. The van der Waals surface area contributed by atoms with Crippen molar-refractivity contribution in [2.24, 2.45) is 7.05 Å². The zero-order chi connectivity index (χ0) is 13.8. The monoisotopic (exact) mass is 260 g/mol. The lowest BCUT2D eigenvalue weighted by atomic mass is 10.2. The molecule has 0 atom stereocenters. The largest absolute Gasteiger partial charge is 0.491 e. The Morgan fingerprint density at radius 1 is 1.37 bits per heavy atom. The third kappa shape index (κ3) is 3.40. The van der Waals surface area contributed by atoms with Crippen LogP contribution in [-0.2, 0) is 13.5 Å². The van der Waals surface area contributed by atoms with Crippen molar-refractivity contribution >= 4 is 11.4 Å². The number of anilines is 2. The molecule has 0 unspecified atom stereocenters. The summed E-state index contributed by atoms with van der Waals surface area (Å²) in [5, 5.41) is 4.13. The Kier molecular flexibility index (Phi) is 3.94. The lowest BCUT2D eigenvalue weighted by molar-refractivity contribution is 0.323. The molecule has 0 aliphatic carbocycles. The molecule has 102 valence electrons. The van der Waals surface area contributed by atoms with Crippen LogP contribution in [0.5, 0.6) is 5.75 Å². The van der Waals surface area contributed by atoms with Gasteiger partial charge in [0, 0.05) is 45.5 Å². The van der Waals surface area contributed by atoms with Gasteiger partial charge in [-0.15, -0.1) is 0 Å². The average Bonchev–Trinajstić information content (AvgIpc) is 2.77. The molecule has 0 bridgehead atoms. The molecule has 0 saturated carbocycles. The highest BCUT2D eigenvalue weighted by Crippen LogP contribution is 2.26. The fourth-order valence-corrected chi connectivity index (χ4v) is 1.81. The molecule has 2 N–H and O–H groups in total. The number of benzene rings is 1. The minimum atomic E-state index is 0.590. The van der Waals surface area contributed by atoms with Gasteiger partial charge in [-0.05, 0) is 17.7 Å². The summed E-state index contributed by atoms with van der Waals surface area (Å²) in [5.41, 5.74) is 8.81. The first-order valence-corrected chi connectivity index (χ1v) is 6.23. The standard InChI is InChI=1S/C14H20N4O/c1-17(2)12-4-5-13(15)14(8-12)19-7-6-11-9-16-18(3)10-11/h4-5,8-10H,6-7,15H2,1-3H3. The van der Waals surface area contributed by atoms with Crippen LogP contribution in [0.4, 0.5) is 11.4 Å². The molecule has 2 aromatic rings. The van der Waals surface area contributed by atoms with Crippen LogP contribution in [0.25, 0.3) is 0 Å². The van der Waals surface area contributed by atoms with Crippen molar-refractivity contribution in [3.8, 4) is 5.75 Å². The van der Waals surface area contributed by atoms with E-state index >= 15 is 0 Å². The maximum atomic E-state index is 5.91. The van der Waals surface area contributed by atoms with Crippen LogP contribution >= 0.6 is 0 Å². The van der Waals surface area contributed by atoms with Gasteiger partial charge in [-0.2, -0.15) is 5.10 Å². The van der Waals surface area contributed by atoms with E-state index in [4.69, 9.17) is 10.5 Å². The van der Waals surface area contributed by atoms with Crippen LogP contribution in [0.2, 0.25) is 0 Å². The fraction of sp³-hybridized carbons (Fsp3) is 0.357. The first kappa shape index (κ1) is 13.3. The minimum absolute atomic E-state index is 0.590. The molecule has 1 aromatic carbocycles. The molecular weight excluding hydrogens is 240 g/mol. The van der Waals surface area contributed by atoms with E-state index in [0.29, 0.717) is 12.3 Å². The van der Waals surface area contributed by atoms with Crippen LogP contribution in [0.1, 0.15) is 5.56 Å². The molecule has 0 aliphatic heterocycles. The first-order chi connectivity index (χ1) is 9.06. The molecule has 0 saturated heterocycles. The van der Waals surface area contributed by atoms with Crippen LogP contribution in [0.3, 0.4) is 0 Å². The van der Waals surface area contributed by atoms with Crippen molar-refractivity contribution in [2.75, 3.05) is 31.3 Å². The number of nitrogens with two attached hydrogens (primary N) is 1. The van der Waals surface area contributed by atoms with E-state index in [-0.39, 0.29) is 0 Å². The van der Waals surface area contributed by atoms with Crippen molar-refractivity contribution in [1.82, 2.24) is 9.78 Å². The van der Waals surface area contributed by atoms with E-state index < -0.39 is 0 Å². The van der Waals surface area contributed by atoms with Gasteiger partial charge in [0.2, 0.25) is 0 Å². The van der Waals surface area contributed by atoms with Crippen molar-refractivity contribution in [2.45, 2.75) is 6.42 Å². The lowest BCUT2D eigenvalue weighted by Gasteiger charge is -2.15. The van der Waals surface area contributed by atoms with E-state index in [9.17, 15) is 0 Å². The van der Waals surface area contributed by atoms with E-state index in [0.717, 1.165) is 23.4 Å². The summed E-state index contributed by atoms with van der Waals surface area (Å²) >= 11 is 0. The highest BCUT2D eigenvalue weighted by molar-refractivity contribution is 5.61. The summed E-state index contributed by atoms with van der Waals surface area (Å²) < 4.78 is 7.54. The second-order valence-electron chi connectivity index (χ2n) is 4.74. The number of hydrogen-bond acceptors (Lipinski definition) is 4. The van der Waals surface area contributed by atoms with Gasteiger partial charge < -0.3 is 15.4 Å². The topological polar surface area (TPSA) is 56.3 Å². The second kappa shape index (κ2) is 5.65. The Bertz CT molecular complexity index is 548. The van der Waals surface area contributed by atoms with Crippen molar-refractivity contribution in [3.05, 3.63) is 36.2 Å². The Morgan fingerprint density at radius 2 is 2.16 bits per heavy atom. The zero-order valence-electron chi connectivity index (χ0n) is 11.6. The SMILES string of the molecule is CN(C)c1ccc(N)c(OCCc2cnn(C)c2)c1.